The molecule has 39 heavy (non-hydrogen) atoms. The zero-order valence-corrected chi connectivity index (χ0v) is 21.6. The number of halogens is 6. The number of ether oxygens (including phenoxy) is 1. The summed E-state index contributed by atoms with van der Waals surface area (Å²) in [6.45, 7) is 1.10. The lowest BCUT2D eigenvalue weighted by molar-refractivity contribution is -0.163. The number of hydrogen-bond acceptors (Lipinski definition) is 4. The van der Waals surface area contributed by atoms with Crippen LogP contribution >= 0.6 is 11.8 Å². The first-order valence-corrected chi connectivity index (χ1v) is 13.7. The molecule has 4 aliphatic carbocycles. The van der Waals surface area contributed by atoms with E-state index < -0.39 is 39.8 Å². The Morgan fingerprint density at radius 2 is 1.69 bits per heavy atom. The first kappa shape index (κ1) is 26.6. The second kappa shape index (κ2) is 9.47. The number of benzene rings is 2. The Morgan fingerprint density at radius 1 is 1.00 bits per heavy atom. The van der Waals surface area contributed by atoms with Gasteiger partial charge in [0, 0.05) is 40.2 Å². The van der Waals surface area contributed by atoms with Gasteiger partial charge in [0.2, 0.25) is 5.91 Å². The lowest BCUT2D eigenvalue weighted by Crippen LogP contribution is -2.39. The third-order valence-corrected chi connectivity index (χ3v) is 9.48. The van der Waals surface area contributed by atoms with Crippen molar-refractivity contribution in [1.82, 2.24) is 4.90 Å². The van der Waals surface area contributed by atoms with E-state index in [4.69, 9.17) is 4.74 Å². The van der Waals surface area contributed by atoms with Crippen molar-refractivity contribution in [3.05, 3.63) is 59.2 Å². The average molecular weight is 569 g/mol. The molecule has 4 saturated carbocycles. The highest BCUT2D eigenvalue weighted by atomic mass is 32.2. The summed E-state index contributed by atoms with van der Waals surface area (Å²) in [5.41, 5.74) is -3.43. The SMILES string of the molecule is O=C(/C=C/c1ccc(Sc2cccc(NC34CC5CC3C4C5)c2)c(C(F)(F)F)c1C(F)(F)F)N1CCOCC1. The molecule has 0 radical (unpaired) electrons. The number of nitrogens with one attached hydrogen (secondary N) is 1. The van der Waals surface area contributed by atoms with Crippen LogP contribution in [0.5, 0.6) is 0 Å². The minimum absolute atomic E-state index is 0.0706. The molecule has 5 fully saturated rings. The highest BCUT2D eigenvalue weighted by Crippen LogP contribution is 2.74. The first-order valence-electron chi connectivity index (χ1n) is 12.9. The van der Waals surface area contributed by atoms with E-state index >= 15 is 0 Å². The summed E-state index contributed by atoms with van der Waals surface area (Å²) in [5, 5.41) is 3.58. The van der Waals surface area contributed by atoms with Gasteiger partial charge in [-0.25, -0.2) is 0 Å². The van der Waals surface area contributed by atoms with E-state index in [9.17, 15) is 31.1 Å². The van der Waals surface area contributed by atoms with Gasteiger partial charge in [0.05, 0.1) is 24.3 Å². The summed E-state index contributed by atoms with van der Waals surface area (Å²) < 4.78 is 90.3. The van der Waals surface area contributed by atoms with Gasteiger partial charge < -0.3 is 15.0 Å². The highest BCUT2D eigenvalue weighted by molar-refractivity contribution is 7.99. The largest absolute Gasteiger partial charge is 0.418 e. The number of rotatable bonds is 6. The van der Waals surface area contributed by atoms with E-state index in [0.717, 1.165) is 42.3 Å². The number of amides is 1. The lowest BCUT2D eigenvalue weighted by Gasteiger charge is -2.25. The maximum Gasteiger partial charge on any atom is 0.418 e. The van der Waals surface area contributed by atoms with Gasteiger partial charge in [0.25, 0.3) is 0 Å². The molecule has 1 aliphatic heterocycles. The van der Waals surface area contributed by atoms with Crippen molar-refractivity contribution in [3.63, 3.8) is 0 Å². The molecule has 5 aliphatic rings. The summed E-state index contributed by atoms with van der Waals surface area (Å²) in [7, 11) is 0. The summed E-state index contributed by atoms with van der Waals surface area (Å²) in [4.78, 5) is 13.6. The molecule has 7 rings (SSSR count). The van der Waals surface area contributed by atoms with E-state index in [0.29, 0.717) is 28.5 Å². The molecule has 1 N–H and O–H groups in total. The molecular weight excluding hydrogens is 542 g/mol. The predicted octanol–water partition coefficient (Wildman–Crippen LogP) is 6.96. The fourth-order valence-electron chi connectivity index (χ4n) is 6.85. The molecule has 1 heterocycles. The van der Waals surface area contributed by atoms with Gasteiger partial charge in [0.15, 0.2) is 0 Å². The van der Waals surface area contributed by atoms with Crippen molar-refractivity contribution < 1.29 is 35.9 Å². The van der Waals surface area contributed by atoms with Gasteiger partial charge in [-0.2, -0.15) is 26.3 Å². The predicted molar refractivity (Wildman–Crippen MR) is 134 cm³/mol. The van der Waals surface area contributed by atoms with E-state index in [1.807, 2.05) is 6.07 Å². The Kier molecular flexibility index (Phi) is 6.45. The van der Waals surface area contributed by atoms with Crippen LogP contribution in [-0.4, -0.2) is 42.6 Å². The van der Waals surface area contributed by atoms with Gasteiger partial charge in [-0.3, -0.25) is 4.79 Å². The Bertz CT molecular complexity index is 1310. The zero-order chi connectivity index (χ0) is 27.6. The quantitative estimate of drug-likeness (QED) is 0.302. The molecule has 2 atom stereocenters. The van der Waals surface area contributed by atoms with Crippen LogP contribution in [0, 0.1) is 17.8 Å². The molecule has 4 bridgehead atoms. The molecule has 1 saturated heterocycles. The van der Waals surface area contributed by atoms with Gasteiger partial charge in [-0.05, 0) is 72.9 Å². The second-order valence-electron chi connectivity index (χ2n) is 10.7. The van der Waals surface area contributed by atoms with Crippen LogP contribution in [0.3, 0.4) is 0 Å². The molecule has 2 aromatic carbocycles. The van der Waals surface area contributed by atoms with E-state index in [1.54, 1.807) is 18.2 Å². The Hall–Kier alpha value is -2.66. The summed E-state index contributed by atoms with van der Waals surface area (Å²) in [6, 6.07) is 8.87. The van der Waals surface area contributed by atoms with Crippen molar-refractivity contribution in [1.29, 1.82) is 0 Å². The van der Waals surface area contributed by atoms with Crippen molar-refractivity contribution in [2.24, 2.45) is 17.8 Å². The second-order valence-corrected chi connectivity index (χ2v) is 11.8. The minimum Gasteiger partial charge on any atom is -0.379 e. The molecule has 0 aromatic heterocycles. The van der Waals surface area contributed by atoms with Gasteiger partial charge in [0.1, 0.15) is 0 Å². The number of carbonyl (C=O) groups excluding carboxylic acids is 1. The van der Waals surface area contributed by atoms with Crippen LogP contribution < -0.4 is 5.32 Å². The van der Waals surface area contributed by atoms with Crippen LogP contribution in [0.25, 0.3) is 6.08 Å². The van der Waals surface area contributed by atoms with E-state index in [-0.39, 0.29) is 31.8 Å². The number of hydrogen-bond donors (Lipinski definition) is 1. The molecule has 2 aromatic rings. The number of nitrogens with zero attached hydrogens (tertiary/aromatic N) is 1. The lowest BCUT2D eigenvalue weighted by atomic mass is 9.99. The van der Waals surface area contributed by atoms with Crippen LogP contribution in [0.15, 0.2) is 52.3 Å². The molecule has 1 amide bonds. The minimum atomic E-state index is -5.30. The van der Waals surface area contributed by atoms with Crippen LogP contribution in [-0.2, 0) is 21.9 Å². The van der Waals surface area contributed by atoms with Gasteiger partial charge in [-0.15, -0.1) is 0 Å². The molecule has 0 spiro atoms. The van der Waals surface area contributed by atoms with Crippen molar-refractivity contribution in [2.75, 3.05) is 31.6 Å². The summed E-state index contributed by atoms with van der Waals surface area (Å²) in [5.74, 6) is 1.43. The van der Waals surface area contributed by atoms with E-state index in [2.05, 4.69) is 5.32 Å². The maximum atomic E-state index is 14.2. The van der Waals surface area contributed by atoms with Gasteiger partial charge in [-0.1, -0.05) is 23.9 Å². The fourth-order valence-corrected chi connectivity index (χ4v) is 7.89. The molecular formula is C28H26F6N2O2S. The smallest absolute Gasteiger partial charge is 0.379 e. The normalized spacial score (nSPS) is 27.8. The molecule has 11 heteroatoms. The number of alkyl halides is 6. The average Bonchev–Trinajstić information content (AvgIpc) is 3.30. The molecule has 2 unspecified atom stereocenters. The molecule has 208 valence electrons. The summed E-state index contributed by atoms with van der Waals surface area (Å²) >= 11 is 0.650. The highest BCUT2D eigenvalue weighted by Gasteiger charge is 2.74. The Morgan fingerprint density at radius 3 is 2.31 bits per heavy atom. The first-order chi connectivity index (χ1) is 18.5. The van der Waals surface area contributed by atoms with Crippen molar-refractivity contribution >= 4 is 29.4 Å². The number of anilines is 1. The van der Waals surface area contributed by atoms with E-state index in [1.165, 1.54) is 17.7 Å². The topological polar surface area (TPSA) is 41.6 Å². The third-order valence-electron chi connectivity index (χ3n) is 8.43. The fraction of sp³-hybridized carbons (Fsp3) is 0.464. The van der Waals surface area contributed by atoms with Crippen LogP contribution in [0.1, 0.15) is 36.0 Å². The number of morpholine rings is 1. The Balaban J connectivity index is 1.30. The molecule has 4 nitrogen and oxygen atoms in total. The third kappa shape index (κ3) is 4.92. The van der Waals surface area contributed by atoms with Crippen molar-refractivity contribution in [3.8, 4) is 0 Å². The zero-order valence-electron chi connectivity index (χ0n) is 20.7. The van der Waals surface area contributed by atoms with Crippen LogP contribution in [0.2, 0.25) is 0 Å². The monoisotopic (exact) mass is 568 g/mol. The van der Waals surface area contributed by atoms with Crippen molar-refractivity contribution in [2.45, 2.75) is 46.9 Å². The van der Waals surface area contributed by atoms with Gasteiger partial charge >= 0.3 is 12.4 Å². The maximum absolute atomic E-state index is 14.2. The summed E-state index contributed by atoms with van der Waals surface area (Å²) in [6.07, 6.45) is -5.36. The standard InChI is InChI=1S/C28H26F6N2O2S/c29-27(30,31)24-17(5-7-23(37)36-8-10-38-11-9-36)4-6-22(25(24)28(32,33)34)39-19-3-1-2-18(14-19)35-26-15-16-12-20(26)21(26)13-16/h1-7,14,16,20-21,35H,8-13,15H2/b7-5+. The number of carbonyl (C=O) groups is 1. The Labute approximate surface area is 225 Å². The van der Waals surface area contributed by atoms with Crippen LogP contribution in [0.4, 0.5) is 32.0 Å².